The molecule has 2 aromatic rings. The molecule has 0 aliphatic carbocycles. The summed E-state index contributed by atoms with van der Waals surface area (Å²) in [4.78, 5) is 40.0. The molecule has 0 saturated carbocycles. The number of carbonyl (C=O) groups excluding carboxylic acids is 3. The smallest absolute Gasteiger partial charge is 0.269 e. The molecule has 0 bridgehead atoms. The molecule has 0 fully saturated rings. The van der Waals surface area contributed by atoms with E-state index in [1.165, 1.54) is 23.1 Å². The first-order valence-electron chi connectivity index (χ1n) is 11.0. The SMILES string of the molecule is CC[C@H](C)NC(=O)[C@H](C)N(CCc1ccccc1)C(=O)CN1C(=O)c2ccccc2S1(=O)=O. The van der Waals surface area contributed by atoms with Crippen molar-refractivity contribution >= 4 is 27.7 Å². The predicted octanol–water partition coefficient (Wildman–Crippen LogP) is 2.21. The van der Waals surface area contributed by atoms with E-state index in [9.17, 15) is 22.8 Å². The second kappa shape index (κ2) is 10.2. The average molecular weight is 472 g/mol. The van der Waals surface area contributed by atoms with Gasteiger partial charge in [-0.15, -0.1) is 0 Å². The summed E-state index contributed by atoms with van der Waals surface area (Å²) in [5.41, 5.74) is 1.02. The summed E-state index contributed by atoms with van der Waals surface area (Å²) in [5, 5.41) is 2.86. The third-order valence-electron chi connectivity index (χ3n) is 5.84. The zero-order valence-corrected chi connectivity index (χ0v) is 19.8. The van der Waals surface area contributed by atoms with Gasteiger partial charge < -0.3 is 10.2 Å². The lowest BCUT2D eigenvalue weighted by atomic mass is 10.1. The Morgan fingerprint density at radius 3 is 2.30 bits per heavy atom. The molecule has 33 heavy (non-hydrogen) atoms. The van der Waals surface area contributed by atoms with Crippen LogP contribution in [0, 0.1) is 0 Å². The van der Waals surface area contributed by atoms with Crippen molar-refractivity contribution in [3.05, 3.63) is 65.7 Å². The molecule has 0 unspecified atom stereocenters. The summed E-state index contributed by atoms with van der Waals surface area (Å²) in [6.45, 7) is 4.96. The number of carbonyl (C=O) groups is 3. The molecule has 1 N–H and O–H groups in total. The van der Waals surface area contributed by atoms with Crippen LogP contribution in [0.1, 0.15) is 43.1 Å². The van der Waals surface area contributed by atoms with Gasteiger partial charge in [-0.2, -0.15) is 0 Å². The van der Waals surface area contributed by atoms with E-state index >= 15 is 0 Å². The van der Waals surface area contributed by atoms with Crippen LogP contribution in [0.5, 0.6) is 0 Å². The monoisotopic (exact) mass is 471 g/mol. The Kier molecular flexibility index (Phi) is 7.53. The Hall–Kier alpha value is -3.20. The fourth-order valence-electron chi connectivity index (χ4n) is 3.64. The maximum atomic E-state index is 13.3. The number of nitrogens with one attached hydrogen (secondary N) is 1. The van der Waals surface area contributed by atoms with Crippen molar-refractivity contribution in [3.8, 4) is 0 Å². The molecular formula is C24H29N3O5S. The number of hydrogen-bond acceptors (Lipinski definition) is 5. The Labute approximate surface area is 194 Å². The van der Waals surface area contributed by atoms with E-state index in [0.29, 0.717) is 10.7 Å². The number of amides is 3. The van der Waals surface area contributed by atoms with Crippen LogP contribution in [0.2, 0.25) is 0 Å². The number of nitrogens with zero attached hydrogens (tertiary/aromatic N) is 2. The van der Waals surface area contributed by atoms with Crippen molar-refractivity contribution < 1.29 is 22.8 Å². The van der Waals surface area contributed by atoms with Crippen LogP contribution in [0.4, 0.5) is 0 Å². The normalized spacial score (nSPS) is 16.1. The van der Waals surface area contributed by atoms with Crippen LogP contribution in [-0.2, 0) is 26.0 Å². The second-order valence-corrected chi connectivity index (χ2v) is 9.96. The lowest BCUT2D eigenvalue weighted by Crippen LogP contribution is -2.53. The van der Waals surface area contributed by atoms with Gasteiger partial charge in [-0.1, -0.05) is 49.4 Å². The maximum Gasteiger partial charge on any atom is 0.269 e. The van der Waals surface area contributed by atoms with Gasteiger partial charge >= 0.3 is 0 Å². The van der Waals surface area contributed by atoms with E-state index in [0.717, 1.165) is 12.0 Å². The van der Waals surface area contributed by atoms with Gasteiger partial charge in [0.25, 0.3) is 15.9 Å². The fraction of sp³-hybridized carbons (Fsp3) is 0.375. The van der Waals surface area contributed by atoms with Gasteiger partial charge in [0.1, 0.15) is 17.5 Å². The molecule has 0 aromatic heterocycles. The Bertz CT molecular complexity index is 1130. The molecule has 1 aliphatic heterocycles. The van der Waals surface area contributed by atoms with Crippen LogP contribution in [-0.4, -0.2) is 60.5 Å². The van der Waals surface area contributed by atoms with E-state index in [1.807, 2.05) is 44.2 Å². The topological polar surface area (TPSA) is 104 Å². The first-order valence-corrected chi connectivity index (χ1v) is 12.4. The molecule has 3 amide bonds. The third-order valence-corrected chi connectivity index (χ3v) is 7.63. The highest BCUT2D eigenvalue weighted by Gasteiger charge is 2.43. The quantitative estimate of drug-likeness (QED) is 0.604. The summed E-state index contributed by atoms with van der Waals surface area (Å²) >= 11 is 0. The summed E-state index contributed by atoms with van der Waals surface area (Å²) in [6.07, 6.45) is 1.21. The minimum atomic E-state index is -4.12. The molecule has 0 radical (unpaired) electrons. The van der Waals surface area contributed by atoms with Crippen molar-refractivity contribution in [1.82, 2.24) is 14.5 Å². The first kappa shape index (κ1) is 24.4. The van der Waals surface area contributed by atoms with Crippen LogP contribution < -0.4 is 5.32 Å². The van der Waals surface area contributed by atoms with Crippen LogP contribution in [0.3, 0.4) is 0 Å². The summed E-state index contributed by atoms with van der Waals surface area (Å²) in [7, 11) is -4.12. The fourth-order valence-corrected chi connectivity index (χ4v) is 5.15. The minimum Gasteiger partial charge on any atom is -0.352 e. The van der Waals surface area contributed by atoms with Gasteiger partial charge in [0.05, 0.1) is 5.56 Å². The Balaban J connectivity index is 1.82. The van der Waals surface area contributed by atoms with E-state index in [-0.39, 0.29) is 29.0 Å². The number of sulfonamides is 1. The standard InChI is InChI=1S/C24H29N3O5S/c1-4-17(2)25-23(29)18(3)26(15-14-19-10-6-5-7-11-19)22(28)16-27-24(30)20-12-8-9-13-21(20)33(27,31)32/h5-13,17-18H,4,14-16H2,1-3H3,(H,25,29)/t17-,18-/m0/s1. The minimum absolute atomic E-state index is 0.0451. The zero-order valence-electron chi connectivity index (χ0n) is 19.0. The molecule has 0 spiro atoms. The van der Waals surface area contributed by atoms with Crippen molar-refractivity contribution in [2.24, 2.45) is 0 Å². The molecule has 1 aliphatic rings. The molecule has 9 heteroatoms. The molecule has 8 nitrogen and oxygen atoms in total. The molecule has 2 aromatic carbocycles. The van der Waals surface area contributed by atoms with Gasteiger partial charge in [-0.25, -0.2) is 12.7 Å². The van der Waals surface area contributed by atoms with E-state index in [2.05, 4.69) is 5.32 Å². The highest BCUT2D eigenvalue weighted by Crippen LogP contribution is 2.29. The highest BCUT2D eigenvalue weighted by atomic mass is 32.2. The lowest BCUT2D eigenvalue weighted by molar-refractivity contribution is -0.140. The van der Waals surface area contributed by atoms with E-state index in [4.69, 9.17) is 0 Å². The largest absolute Gasteiger partial charge is 0.352 e. The van der Waals surface area contributed by atoms with E-state index in [1.54, 1.807) is 13.0 Å². The van der Waals surface area contributed by atoms with Crippen molar-refractivity contribution in [1.29, 1.82) is 0 Å². The Morgan fingerprint density at radius 1 is 1.03 bits per heavy atom. The van der Waals surface area contributed by atoms with Gasteiger partial charge in [0.15, 0.2) is 0 Å². The lowest BCUT2D eigenvalue weighted by Gasteiger charge is -2.30. The van der Waals surface area contributed by atoms with Crippen molar-refractivity contribution in [3.63, 3.8) is 0 Å². The summed E-state index contributed by atoms with van der Waals surface area (Å²) < 4.78 is 26.3. The third kappa shape index (κ3) is 5.24. The number of rotatable bonds is 9. The number of hydrogen-bond donors (Lipinski definition) is 1. The van der Waals surface area contributed by atoms with Gasteiger partial charge in [0.2, 0.25) is 11.8 Å². The highest BCUT2D eigenvalue weighted by molar-refractivity contribution is 7.90. The van der Waals surface area contributed by atoms with Crippen LogP contribution in [0.25, 0.3) is 0 Å². The molecule has 0 saturated heterocycles. The van der Waals surface area contributed by atoms with E-state index < -0.39 is 34.4 Å². The first-order chi connectivity index (χ1) is 15.7. The molecule has 2 atom stereocenters. The van der Waals surface area contributed by atoms with Crippen molar-refractivity contribution in [2.75, 3.05) is 13.1 Å². The summed E-state index contributed by atoms with van der Waals surface area (Å²) in [5.74, 6) is -1.68. The van der Waals surface area contributed by atoms with Gasteiger partial charge in [-0.3, -0.25) is 14.4 Å². The predicted molar refractivity (Wildman–Crippen MR) is 124 cm³/mol. The molecule has 176 valence electrons. The average Bonchev–Trinajstić information content (AvgIpc) is 3.00. The van der Waals surface area contributed by atoms with Gasteiger partial charge in [-0.05, 0) is 44.4 Å². The second-order valence-electron chi connectivity index (χ2n) is 8.13. The molecular weight excluding hydrogens is 442 g/mol. The number of benzene rings is 2. The Morgan fingerprint density at radius 2 is 1.67 bits per heavy atom. The van der Waals surface area contributed by atoms with Crippen LogP contribution >= 0.6 is 0 Å². The van der Waals surface area contributed by atoms with Gasteiger partial charge in [0, 0.05) is 12.6 Å². The maximum absolute atomic E-state index is 13.3. The summed E-state index contributed by atoms with van der Waals surface area (Å²) in [6, 6.07) is 14.5. The van der Waals surface area contributed by atoms with Crippen molar-refractivity contribution in [2.45, 2.75) is 50.6 Å². The zero-order chi connectivity index (χ0) is 24.2. The molecule has 1 heterocycles. The van der Waals surface area contributed by atoms with Crippen LogP contribution in [0.15, 0.2) is 59.5 Å². The molecule has 3 rings (SSSR count). The number of fused-ring (bicyclic) bond motifs is 1.